The van der Waals surface area contributed by atoms with E-state index in [0.717, 1.165) is 5.56 Å². The maximum absolute atomic E-state index is 12.8. The second kappa shape index (κ2) is 10.7. The smallest absolute Gasteiger partial charge is 0.243 e. The molecular weight excluding hydrogens is 434 g/mol. The van der Waals surface area contributed by atoms with E-state index in [9.17, 15) is 9.18 Å². The summed E-state index contributed by atoms with van der Waals surface area (Å²) in [6, 6.07) is 15.6. The largest absolute Gasteiger partial charge is 0.347 e. The minimum Gasteiger partial charge on any atom is -0.347 e. The number of carbonyl (C=O) groups excluding carboxylic acids is 1. The number of amides is 1. The lowest BCUT2D eigenvalue weighted by molar-refractivity contribution is -0.115. The lowest BCUT2D eigenvalue weighted by atomic mass is 10.2. The molecule has 25 heavy (non-hydrogen) atoms. The van der Waals surface area contributed by atoms with E-state index in [1.54, 1.807) is 7.05 Å². The normalized spacial score (nSPS) is 10.6. The third-order valence-electron chi connectivity index (χ3n) is 3.37. The summed E-state index contributed by atoms with van der Waals surface area (Å²) in [5.74, 6) is 0.0537. The first kappa shape index (κ1) is 20.9. The average molecular weight is 456 g/mol. The molecule has 2 rings (SSSR count). The zero-order valence-corrected chi connectivity index (χ0v) is 16.5. The number of hydrogen-bond donors (Lipinski definition) is 2. The number of nitrogens with zero attached hydrogens (tertiary/aromatic N) is 2. The molecule has 2 aromatic rings. The fourth-order valence-electron chi connectivity index (χ4n) is 2.21. The minimum absolute atomic E-state index is 0. The Morgan fingerprint density at radius 2 is 1.76 bits per heavy atom. The summed E-state index contributed by atoms with van der Waals surface area (Å²) < 4.78 is 12.8. The van der Waals surface area contributed by atoms with E-state index in [2.05, 4.69) is 15.6 Å². The van der Waals surface area contributed by atoms with Gasteiger partial charge in [0.2, 0.25) is 5.91 Å². The molecule has 0 aromatic heterocycles. The van der Waals surface area contributed by atoms with Crippen LogP contribution < -0.4 is 10.6 Å². The number of carbonyl (C=O) groups is 1. The highest BCUT2D eigenvalue weighted by Crippen LogP contribution is 2.07. The molecule has 0 bridgehead atoms. The summed E-state index contributed by atoms with van der Waals surface area (Å²) >= 11 is 0. The van der Waals surface area contributed by atoms with Crippen molar-refractivity contribution in [1.29, 1.82) is 0 Å². The highest BCUT2D eigenvalue weighted by atomic mass is 127. The molecule has 2 N–H and O–H groups in total. The van der Waals surface area contributed by atoms with E-state index in [4.69, 9.17) is 0 Å². The SMILES string of the molecule is CN=C(NCC(=O)Nc1ccc(F)cc1)N(C)Cc1ccccc1.I. The molecule has 0 aliphatic carbocycles. The van der Waals surface area contributed by atoms with Gasteiger partial charge in [-0.25, -0.2) is 4.39 Å². The van der Waals surface area contributed by atoms with Crippen molar-refractivity contribution in [2.45, 2.75) is 6.54 Å². The second-order valence-electron chi connectivity index (χ2n) is 5.30. The van der Waals surface area contributed by atoms with Crippen LogP contribution in [0.4, 0.5) is 10.1 Å². The van der Waals surface area contributed by atoms with E-state index >= 15 is 0 Å². The van der Waals surface area contributed by atoms with Crippen LogP contribution in [-0.2, 0) is 11.3 Å². The van der Waals surface area contributed by atoms with E-state index in [-0.39, 0.29) is 42.2 Å². The van der Waals surface area contributed by atoms with Crippen molar-refractivity contribution in [2.24, 2.45) is 4.99 Å². The molecule has 0 saturated heterocycles. The molecule has 0 unspecified atom stereocenters. The van der Waals surface area contributed by atoms with Gasteiger partial charge in [-0.1, -0.05) is 30.3 Å². The Morgan fingerprint density at radius 3 is 2.36 bits per heavy atom. The van der Waals surface area contributed by atoms with Crippen molar-refractivity contribution in [3.8, 4) is 0 Å². The zero-order valence-electron chi connectivity index (χ0n) is 14.2. The van der Waals surface area contributed by atoms with Crippen LogP contribution >= 0.6 is 24.0 Å². The van der Waals surface area contributed by atoms with Gasteiger partial charge in [-0.2, -0.15) is 0 Å². The minimum atomic E-state index is -0.339. The molecule has 2 aromatic carbocycles. The number of anilines is 1. The van der Waals surface area contributed by atoms with Crippen molar-refractivity contribution < 1.29 is 9.18 Å². The topological polar surface area (TPSA) is 56.7 Å². The maximum Gasteiger partial charge on any atom is 0.243 e. The molecule has 0 saturated carbocycles. The molecule has 7 heteroatoms. The van der Waals surface area contributed by atoms with Gasteiger partial charge in [0.1, 0.15) is 5.82 Å². The second-order valence-corrected chi connectivity index (χ2v) is 5.30. The molecule has 0 aliphatic rings. The Morgan fingerprint density at radius 1 is 1.12 bits per heavy atom. The van der Waals surface area contributed by atoms with Gasteiger partial charge in [-0.15, -0.1) is 24.0 Å². The molecule has 0 aliphatic heterocycles. The molecule has 5 nitrogen and oxygen atoms in total. The Labute approximate surface area is 164 Å². The lowest BCUT2D eigenvalue weighted by Gasteiger charge is -2.22. The first-order chi connectivity index (χ1) is 11.6. The standard InChI is InChI=1S/C18H21FN4O.HI/c1-20-18(23(2)13-14-6-4-3-5-7-14)21-12-17(24)22-16-10-8-15(19)9-11-16;/h3-11H,12-13H2,1-2H3,(H,20,21)(H,22,24);1H. The van der Waals surface area contributed by atoms with Gasteiger partial charge in [-0.3, -0.25) is 9.79 Å². The van der Waals surface area contributed by atoms with Crippen LogP contribution in [0.3, 0.4) is 0 Å². The maximum atomic E-state index is 12.8. The van der Waals surface area contributed by atoms with Gasteiger partial charge in [0.25, 0.3) is 0 Å². The van der Waals surface area contributed by atoms with Crippen LogP contribution in [0.15, 0.2) is 59.6 Å². The highest BCUT2D eigenvalue weighted by Gasteiger charge is 2.09. The van der Waals surface area contributed by atoms with Crippen LogP contribution in [0.25, 0.3) is 0 Å². The fraction of sp³-hybridized carbons (Fsp3) is 0.222. The van der Waals surface area contributed by atoms with Crippen molar-refractivity contribution in [1.82, 2.24) is 10.2 Å². The highest BCUT2D eigenvalue weighted by molar-refractivity contribution is 14.0. The van der Waals surface area contributed by atoms with E-state index < -0.39 is 0 Å². The Kier molecular flexibility index (Phi) is 8.90. The number of halogens is 2. The third kappa shape index (κ3) is 7.08. The van der Waals surface area contributed by atoms with E-state index in [1.807, 2.05) is 42.3 Å². The summed E-state index contributed by atoms with van der Waals surface area (Å²) in [7, 11) is 3.57. The summed E-state index contributed by atoms with van der Waals surface area (Å²) in [5, 5.41) is 5.71. The number of rotatable bonds is 5. The van der Waals surface area contributed by atoms with Gasteiger partial charge < -0.3 is 15.5 Å². The number of nitrogens with one attached hydrogen (secondary N) is 2. The van der Waals surface area contributed by atoms with E-state index in [0.29, 0.717) is 18.2 Å². The summed E-state index contributed by atoms with van der Waals surface area (Å²) in [6.07, 6.45) is 0. The Hall–Kier alpha value is -2.16. The van der Waals surface area contributed by atoms with Crippen LogP contribution in [-0.4, -0.2) is 37.4 Å². The third-order valence-corrected chi connectivity index (χ3v) is 3.37. The molecular formula is C18H22FIN4O. The number of aliphatic imine (C=N–C) groups is 1. The van der Waals surface area contributed by atoms with Crippen LogP contribution in [0.2, 0.25) is 0 Å². The average Bonchev–Trinajstić information content (AvgIpc) is 2.58. The molecule has 0 atom stereocenters. The molecule has 1 amide bonds. The first-order valence-corrected chi connectivity index (χ1v) is 7.59. The molecule has 0 spiro atoms. The number of benzene rings is 2. The van der Waals surface area contributed by atoms with Crippen molar-refractivity contribution >= 4 is 41.5 Å². The van der Waals surface area contributed by atoms with Gasteiger partial charge in [-0.05, 0) is 29.8 Å². The lowest BCUT2D eigenvalue weighted by Crippen LogP contribution is -2.42. The fourth-order valence-corrected chi connectivity index (χ4v) is 2.21. The Bertz CT molecular complexity index is 692. The summed E-state index contributed by atoms with van der Waals surface area (Å²) in [4.78, 5) is 18.1. The van der Waals surface area contributed by atoms with Crippen molar-refractivity contribution in [3.63, 3.8) is 0 Å². The van der Waals surface area contributed by atoms with Gasteiger partial charge in [0.05, 0.1) is 6.54 Å². The number of hydrogen-bond acceptors (Lipinski definition) is 2. The van der Waals surface area contributed by atoms with Crippen LogP contribution in [0.5, 0.6) is 0 Å². The summed E-state index contributed by atoms with van der Waals surface area (Å²) in [6.45, 7) is 0.753. The zero-order chi connectivity index (χ0) is 17.4. The van der Waals surface area contributed by atoms with Gasteiger partial charge in [0, 0.05) is 26.3 Å². The Balaban J connectivity index is 0.00000312. The van der Waals surface area contributed by atoms with Gasteiger partial charge in [0.15, 0.2) is 5.96 Å². The molecule has 0 fully saturated rings. The first-order valence-electron chi connectivity index (χ1n) is 7.59. The predicted molar refractivity (Wildman–Crippen MR) is 110 cm³/mol. The van der Waals surface area contributed by atoms with Crippen molar-refractivity contribution in [2.75, 3.05) is 26.0 Å². The predicted octanol–water partition coefficient (Wildman–Crippen LogP) is 3.09. The molecule has 0 radical (unpaired) electrons. The van der Waals surface area contributed by atoms with E-state index in [1.165, 1.54) is 24.3 Å². The van der Waals surface area contributed by atoms with Gasteiger partial charge >= 0.3 is 0 Å². The molecule has 134 valence electrons. The van der Waals surface area contributed by atoms with Crippen molar-refractivity contribution in [3.05, 3.63) is 66.0 Å². The van der Waals surface area contributed by atoms with Crippen LogP contribution in [0.1, 0.15) is 5.56 Å². The monoisotopic (exact) mass is 456 g/mol. The quantitative estimate of drug-likeness (QED) is 0.413. The summed E-state index contributed by atoms with van der Waals surface area (Å²) in [5.41, 5.74) is 1.70. The number of guanidine groups is 1. The molecule has 0 heterocycles. The van der Waals surface area contributed by atoms with Crippen LogP contribution in [0, 0.1) is 5.82 Å².